The van der Waals surface area contributed by atoms with Gasteiger partial charge in [0.25, 0.3) is 0 Å². The first-order chi connectivity index (χ1) is 9.52. The predicted molar refractivity (Wildman–Crippen MR) is 59.5 cm³/mol. The number of carboxylic acids is 2. The Bertz CT molecular complexity index is 497. The summed E-state index contributed by atoms with van der Waals surface area (Å²) in [5.41, 5.74) is 0.899. The molecule has 1 atom stereocenters. The predicted octanol–water partition coefficient (Wildman–Crippen LogP) is -2.78. The summed E-state index contributed by atoms with van der Waals surface area (Å²) in [6.07, 6.45) is -3.47. The molecule has 21 heavy (non-hydrogen) atoms. The van der Waals surface area contributed by atoms with Crippen molar-refractivity contribution in [1.29, 1.82) is 0 Å². The molecule has 0 saturated carbocycles. The number of hydrogen-bond donors (Lipinski definition) is 1. The highest BCUT2D eigenvalue weighted by molar-refractivity contribution is 6.30. The van der Waals surface area contributed by atoms with Crippen LogP contribution in [-0.4, -0.2) is 31.7 Å². The summed E-state index contributed by atoms with van der Waals surface area (Å²) in [5, 5.41) is 19.7. The normalized spacial score (nSPS) is 12.0. The van der Waals surface area contributed by atoms with E-state index in [-0.39, 0.29) is 6.54 Å². The van der Waals surface area contributed by atoms with Gasteiger partial charge in [0.15, 0.2) is 12.7 Å². The van der Waals surface area contributed by atoms with Crippen molar-refractivity contribution < 1.29 is 42.9 Å². The maximum absolute atomic E-state index is 10.5. The van der Waals surface area contributed by atoms with E-state index in [1.807, 2.05) is 0 Å². The number of H-pyrrole nitrogens is 1. The number of carbonyl (C=O) groups is 2. The Labute approximate surface area is 122 Å². The molecule has 0 saturated heterocycles. The smallest absolute Gasteiger partial charge is 0.430 e. The molecule has 1 heterocycles. The van der Waals surface area contributed by atoms with Gasteiger partial charge in [-0.25, -0.2) is 4.98 Å². The first-order valence-corrected chi connectivity index (χ1v) is 5.85. The van der Waals surface area contributed by atoms with E-state index in [1.165, 1.54) is 0 Å². The molecule has 2 N–H and O–H groups in total. The maximum atomic E-state index is 10.5. The number of alkyl halides is 3. The minimum Gasteiger partial charge on any atom is -0.544 e. The summed E-state index contributed by atoms with van der Waals surface area (Å²) in [7, 11) is 1.78. The van der Waals surface area contributed by atoms with Crippen LogP contribution in [0.2, 0.25) is 5.02 Å². The average Bonchev–Trinajstić information content (AvgIpc) is 2.26. The average molecular weight is 329 g/mol. The van der Waals surface area contributed by atoms with Gasteiger partial charge in [0.1, 0.15) is 12.5 Å². The van der Waals surface area contributed by atoms with Crippen LogP contribution in [0.3, 0.4) is 0 Å². The zero-order chi connectivity index (χ0) is 16.6. The molecule has 1 aromatic heterocycles. The molecule has 0 bridgehead atoms. The topological polar surface area (TPSA) is 98.8 Å². The van der Waals surface area contributed by atoms with Gasteiger partial charge in [-0.3, -0.25) is 0 Å². The lowest BCUT2D eigenvalue weighted by atomic mass is 10.3. The van der Waals surface area contributed by atoms with E-state index < -0.39 is 18.1 Å². The summed E-state index contributed by atoms with van der Waals surface area (Å²) >= 11 is 5.78. The van der Waals surface area contributed by atoms with E-state index in [2.05, 4.69) is 4.98 Å². The zero-order valence-corrected chi connectivity index (χ0v) is 11.5. The Kier molecular flexibility index (Phi) is 7.67. The van der Waals surface area contributed by atoms with Crippen LogP contribution in [0, 0.1) is 0 Å². The Hall–Kier alpha value is -1.87. The zero-order valence-electron chi connectivity index (χ0n) is 10.8. The van der Waals surface area contributed by atoms with Gasteiger partial charge in [-0.15, -0.1) is 0 Å². The molecule has 1 unspecified atom stereocenters. The SMILES string of the molecule is C[NH+](CC(=O)[O-])Cc1cc(Cl)cc[nH+]1.O=C([O-])C(F)(F)F. The number of carbonyl (C=O) groups excluding carboxylic acids is 2. The standard InChI is InChI=1S/C9H11ClN2O2.C2HF3O2/c1-12(6-9(13)14)5-8-4-7(10)2-3-11-8;3-2(4,5)1(6)7/h2-4H,5-6H2,1H3,(H,13,14);(H,6,7). The van der Waals surface area contributed by atoms with Crippen LogP contribution < -0.4 is 20.1 Å². The fraction of sp³-hybridized carbons (Fsp3) is 0.364. The van der Waals surface area contributed by atoms with E-state index in [9.17, 15) is 23.1 Å². The summed E-state index contributed by atoms with van der Waals surface area (Å²) < 4.78 is 31.5. The summed E-state index contributed by atoms with van der Waals surface area (Å²) in [4.78, 5) is 22.9. The third-order valence-corrected chi connectivity index (χ3v) is 2.23. The largest absolute Gasteiger partial charge is 0.544 e. The molecule has 0 fully saturated rings. The number of pyridine rings is 1. The van der Waals surface area contributed by atoms with Crippen LogP contribution in [0.15, 0.2) is 18.3 Å². The van der Waals surface area contributed by atoms with Crippen LogP contribution in [0.1, 0.15) is 5.69 Å². The molecule has 118 valence electrons. The Morgan fingerprint density at radius 2 is 1.90 bits per heavy atom. The van der Waals surface area contributed by atoms with Gasteiger partial charge in [0.05, 0.1) is 18.0 Å². The highest BCUT2D eigenvalue weighted by Gasteiger charge is 2.28. The highest BCUT2D eigenvalue weighted by Crippen LogP contribution is 2.11. The molecule has 1 rings (SSSR count). The van der Waals surface area contributed by atoms with Crippen molar-refractivity contribution in [3.8, 4) is 0 Å². The van der Waals surface area contributed by atoms with Gasteiger partial charge in [-0.2, -0.15) is 13.2 Å². The monoisotopic (exact) mass is 328 g/mol. The van der Waals surface area contributed by atoms with Crippen molar-refractivity contribution in [2.75, 3.05) is 13.6 Å². The van der Waals surface area contributed by atoms with E-state index >= 15 is 0 Å². The highest BCUT2D eigenvalue weighted by atomic mass is 35.5. The molecule has 0 aliphatic rings. The van der Waals surface area contributed by atoms with Crippen LogP contribution in [0.4, 0.5) is 13.2 Å². The number of quaternary nitrogens is 1. The van der Waals surface area contributed by atoms with E-state index in [0.29, 0.717) is 11.6 Å². The van der Waals surface area contributed by atoms with Crippen molar-refractivity contribution in [3.63, 3.8) is 0 Å². The van der Waals surface area contributed by atoms with Crippen LogP contribution >= 0.6 is 11.6 Å². The second-order valence-electron chi connectivity index (χ2n) is 4.00. The van der Waals surface area contributed by atoms with Crippen molar-refractivity contribution in [1.82, 2.24) is 0 Å². The van der Waals surface area contributed by atoms with Crippen molar-refractivity contribution >= 4 is 23.5 Å². The van der Waals surface area contributed by atoms with Gasteiger partial charge in [0.2, 0.25) is 5.69 Å². The number of hydrogen-bond acceptors (Lipinski definition) is 4. The molecular weight excluding hydrogens is 317 g/mol. The van der Waals surface area contributed by atoms with Gasteiger partial charge in [0, 0.05) is 12.1 Å². The lowest BCUT2D eigenvalue weighted by Crippen LogP contribution is -3.09. The minimum atomic E-state index is -5.19. The number of aliphatic carboxylic acids is 2. The number of likely N-dealkylation sites (N-methyl/N-ethyl adjacent to an activating group) is 1. The molecule has 1 aromatic rings. The quantitative estimate of drug-likeness (QED) is 0.646. The number of aromatic amines is 1. The summed E-state index contributed by atoms with van der Waals surface area (Å²) in [6, 6.07) is 3.51. The summed E-state index contributed by atoms with van der Waals surface area (Å²) in [5.74, 6) is -4.06. The van der Waals surface area contributed by atoms with Crippen LogP contribution in [0.25, 0.3) is 0 Å². The molecular formula is C11H12ClF3N2O4. The summed E-state index contributed by atoms with van der Waals surface area (Å²) in [6.45, 7) is 0.564. The Morgan fingerprint density at radius 3 is 2.29 bits per heavy atom. The van der Waals surface area contributed by atoms with Gasteiger partial charge in [-0.1, -0.05) is 11.6 Å². The molecule has 0 amide bonds. The first-order valence-electron chi connectivity index (χ1n) is 5.47. The molecule has 0 aliphatic carbocycles. The van der Waals surface area contributed by atoms with E-state index in [1.54, 1.807) is 25.4 Å². The first kappa shape index (κ1) is 19.1. The van der Waals surface area contributed by atoms with E-state index in [0.717, 1.165) is 10.6 Å². The third kappa shape index (κ3) is 9.63. The molecule has 0 spiro atoms. The fourth-order valence-corrected chi connectivity index (χ4v) is 1.42. The van der Waals surface area contributed by atoms with Crippen LogP contribution in [-0.2, 0) is 16.1 Å². The number of rotatable bonds is 4. The number of carboxylic acid groups (broad SMARTS) is 2. The lowest BCUT2D eigenvalue weighted by molar-refractivity contribution is -0.892. The number of nitrogens with one attached hydrogen (secondary N) is 2. The Balaban J connectivity index is 0.000000486. The molecule has 10 heteroatoms. The molecule has 0 radical (unpaired) electrons. The maximum Gasteiger partial charge on any atom is 0.430 e. The number of aromatic nitrogens is 1. The van der Waals surface area contributed by atoms with E-state index in [4.69, 9.17) is 21.5 Å². The van der Waals surface area contributed by atoms with Crippen molar-refractivity contribution in [2.45, 2.75) is 12.7 Å². The second kappa shape index (κ2) is 8.42. The third-order valence-electron chi connectivity index (χ3n) is 1.99. The minimum absolute atomic E-state index is 0.0135. The molecule has 0 aliphatic heterocycles. The Morgan fingerprint density at radius 1 is 1.38 bits per heavy atom. The van der Waals surface area contributed by atoms with Gasteiger partial charge < -0.3 is 24.7 Å². The molecule has 6 nitrogen and oxygen atoms in total. The second-order valence-corrected chi connectivity index (χ2v) is 4.44. The van der Waals surface area contributed by atoms with Gasteiger partial charge >= 0.3 is 6.18 Å². The lowest BCUT2D eigenvalue weighted by Gasteiger charge is -2.11. The van der Waals surface area contributed by atoms with Crippen molar-refractivity contribution in [3.05, 3.63) is 29.0 Å². The molecule has 0 aromatic carbocycles. The van der Waals surface area contributed by atoms with Crippen molar-refractivity contribution in [2.24, 2.45) is 0 Å². The fourth-order valence-electron chi connectivity index (χ4n) is 1.22. The number of halogens is 4. The van der Waals surface area contributed by atoms with Crippen LogP contribution in [0.5, 0.6) is 0 Å². The van der Waals surface area contributed by atoms with Gasteiger partial charge in [-0.05, 0) is 0 Å².